The number of nitrogens with one attached hydrogen (secondary N) is 1. The monoisotopic (exact) mass is 292 g/mol. The zero-order valence-electron chi connectivity index (χ0n) is 12.0. The van der Waals surface area contributed by atoms with Crippen molar-refractivity contribution in [2.45, 2.75) is 25.8 Å². The molecule has 0 spiro atoms. The van der Waals surface area contributed by atoms with Crippen LogP contribution in [-0.2, 0) is 20.7 Å². The smallest absolute Gasteiger partial charge is 0.313 e. The molecule has 6 nitrogen and oxygen atoms in total. The maximum atomic E-state index is 12.0. The van der Waals surface area contributed by atoms with Gasteiger partial charge in [-0.25, -0.2) is 0 Å². The third-order valence-corrected chi connectivity index (χ3v) is 3.96. The predicted octanol–water partition coefficient (Wildman–Crippen LogP) is 0.807. The Hall–Kier alpha value is -2.08. The fraction of sp³-hybridized carbons (Fsp3) is 0.467. The van der Waals surface area contributed by atoms with Crippen molar-refractivity contribution >= 4 is 17.6 Å². The van der Waals surface area contributed by atoms with Crippen LogP contribution in [0.5, 0.6) is 0 Å². The van der Waals surface area contributed by atoms with Gasteiger partial charge in [0.05, 0.1) is 19.3 Å². The van der Waals surface area contributed by atoms with Crippen molar-refractivity contribution in [3.05, 3.63) is 29.8 Å². The summed E-state index contributed by atoms with van der Waals surface area (Å²) in [6.07, 6.45) is 0.788. The van der Waals surface area contributed by atoms with E-state index in [4.69, 9.17) is 10.5 Å². The summed E-state index contributed by atoms with van der Waals surface area (Å²) in [7, 11) is 0. The zero-order chi connectivity index (χ0) is 15.5. The average molecular weight is 292 g/mol. The van der Waals surface area contributed by atoms with E-state index in [1.807, 2.05) is 18.2 Å². The molecule has 1 aromatic rings. The van der Waals surface area contributed by atoms with Crippen LogP contribution in [0.25, 0.3) is 0 Å². The number of carbonyl (C=O) groups excluding carboxylic acids is 1. The second-order valence-corrected chi connectivity index (χ2v) is 5.56. The molecular weight excluding hydrogens is 272 g/mol. The number of benzene rings is 1. The number of nitrogens with two attached hydrogens (primary N) is 1. The number of rotatable bonds is 5. The second-order valence-electron chi connectivity index (χ2n) is 5.56. The summed E-state index contributed by atoms with van der Waals surface area (Å²) in [6.45, 7) is 1.92. The van der Waals surface area contributed by atoms with E-state index in [0.717, 1.165) is 5.56 Å². The van der Waals surface area contributed by atoms with Gasteiger partial charge < -0.3 is 20.9 Å². The van der Waals surface area contributed by atoms with E-state index >= 15 is 0 Å². The fourth-order valence-electron chi connectivity index (χ4n) is 2.36. The van der Waals surface area contributed by atoms with E-state index in [-0.39, 0.29) is 25.5 Å². The maximum Gasteiger partial charge on any atom is 0.313 e. The number of carboxylic acid groups (broad SMARTS) is 1. The van der Waals surface area contributed by atoms with Gasteiger partial charge >= 0.3 is 5.97 Å². The Bertz CT molecular complexity index is 546. The lowest BCUT2D eigenvalue weighted by atomic mass is 9.85. The third kappa shape index (κ3) is 3.33. The van der Waals surface area contributed by atoms with Crippen LogP contribution in [0.4, 0.5) is 5.69 Å². The molecule has 1 amide bonds. The number of hydrogen-bond acceptors (Lipinski definition) is 4. The van der Waals surface area contributed by atoms with Crippen molar-refractivity contribution in [2.24, 2.45) is 5.41 Å². The normalized spacial score (nSPS) is 24.7. The topological polar surface area (TPSA) is 102 Å². The highest BCUT2D eigenvalue weighted by Crippen LogP contribution is 2.28. The first-order valence-corrected chi connectivity index (χ1v) is 6.87. The van der Waals surface area contributed by atoms with Crippen molar-refractivity contribution in [3.8, 4) is 0 Å². The molecule has 1 heterocycles. The molecule has 0 bridgehead atoms. The highest BCUT2D eigenvalue weighted by atomic mass is 16.5. The largest absolute Gasteiger partial charge is 0.481 e. The van der Waals surface area contributed by atoms with E-state index in [1.54, 1.807) is 13.0 Å². The van der Waals surface area contributed by atoms with Gasteiger partial charge in [-0.15, -0.1) is 0 Å². The average Bonchev–Trinajstić information content (AvgIpc) is 2.81. The molecule has 0 radical (unpaired) electrons. The van der Waals surface area contributed by atoms with Crippen molar-refractivity contribution in [1.82, 2.24) is 5.32 Å². The Morgan fingerprint density at radius 1 is 1.48 bits per heavy atom. The minimum Gasteiger partial charge on any atom is -0.481 e. The van der Waals surface area contributed by atoms with Crippen LogP contribution in [0.3, 0.4) is 0 Å². The third-order valence-electron chi connectivity index (χ3n) is 3.96. The molecule has 2 atom stereocenters. The van der Waals surface area contributed by atoms with Gasteiger partial charge in [-0.2, -0.15) is 0 Å². The number of amides is 1. The van der Waals surface area contributed by atoms with Gasteiger partial charge in [0, 0.05) is 12.1 Å². The predicted molar refractivity (Wildman–Crippen MR) is 77.7 cm³/mol. The molecule has 21 heavy (non-hydrogen) atoms. The highest BCUT2D eigenvalue weighted by Gasteiger charge is 2.47. The minimum absolute atomic E-state index is 0.110. The van der Waals surface area contributed by atoms with Gasteiger partial charge in [0.1, 0.15) is 5.41 Å². The van der Waals surface area contributed by atoms with Gasteiger partial charge in [-0.3, -0.25) is 9.59 Å². The first kappa shape index (κ1) is 15.3. The number of ether oxygens (including phenoxy) is 1. The molecule has 0 saturated carbocycles. The van der Waals surface area contributed by atoms with Gasteiger partial charge in [-0.05, 0) is 25.0 Å². The SMILES string of the molecule is CC1(C(=O)O)COCC1NC(=O)CCc1ccccc1N. The number of nitrogen functional groups attached to an aromatic ring is 1. The maximum absolute atomic E-state index is 12.0. The van der Waals surface area contributed by atoms with Crippen LogP contribution in [0, 0.1) is 5.41 Å². The zero-order valence-corrected chi connectivity index (χ0v) is 12.0. The Morgan fingerprint density at radius 3 is 2.86 bits per heavy atom. The Kier molecular flexibility index (Phi) is 4.47. The number of aryl methyl sites for hydroxylation is 1. The summed E-state index contributed by atoms with van der Waals surface area (Å²) < 4.78 is 5.20. The molecule has 114 valence electrons. The lowest BCUT2D eigenvalue weighted by Gasteiger charge is -2.25. The summed E-state index contributed by atoms with van der Waals surface area (Å²) in [5.74, 6) is -1.15. The highest BCUT2D eigenvalue weighted by molar-refractivity contribution is 5.80. The van der Waals surface area contributed by atoms with Crippen LogP contribution < -0.4 is 11.1 Å². The fourth-order valence-corrected chi connectivity index (χ4v) is 2.36. The summed E-state index contributed by atoms with van der Waals surface area (Å²) in [4.78, 5) is 23.3. The molecule has 1 aliphatic rings. The molecule has 0 aliphatic carbocycles. The van der Waals surface area contributed by atoms with Crippen LogP contribution in [-0.4, -0.2) is 36.2 Å². The Morgan fingerprint density at radius 2 is 2.19 bits per heavy atom. The van der Waals surface area contributed by atoms with Crippen LogP contribution in [0.15, 0.2) is 24.3 Å². The first-order chi connectivity index (χ1) is 9.93. The van der Waals surface area contributed by atoms with Crippen LogP contribution in [0.1, 0.15) is 18.9 Å². The Labute approximate surface area is 123 Å². The molecule has 0 aromatic heterocycles. The quantitative estimate of drug-likeness (QED) is 0.697. The number of hydrogen-bond donors (Lipinski definition) is 3. The molecule has 1 saturated heterocycles. The lowest BCUT2D eigenvalue weighted by Crippen LogP contribution is -2.49. The van der Waals surface area contributed by atoms with Gasteiger partial charge in [0.15, 0.2) is 0 Å². The van der Waals surface area contributed by atoms with Crippen molar-refractivity contribution in [3.63, 3.8) is 0 Å². The standard InChI is InChI=1S/C15H20N2O4/c1-15(14(19)20)9-21-8-12(15)17-13(18)7-6-10-4-2-3-5-11(10)16/h2-5,12H,6-9,16H2,1H3,(H,17,18)(H,19,20). The van der Waals surface area contributed by atoms with E-state index in [2.05, 4.69) is 5.32 Å². The second kappa shape index (κ2) is 6.13. The summed E-state index contributed by atoms with van der Waals surface area (Å²) in [5.41, 5.74) is 6.33. The van der Waals surface area contributed by atoms with Crippen molar-refractivity contribution in [1.29, 1.82) is 0 Å². The van der Waals surface area contributed by atoms with Gasteiger partial charge in [0.2, 0.25) is 5.91 Å². The molecule has 4 N–H and O–H groups in total. The first-order valence-electron chi connectivity index (χ1n) is 6.87. The minimum atomic E-state index is -1.07. The molecule has 2 rings (SSSR count). The number of carboxylic acids is 1. The Balaban J connectivity index is 1.90. The summed E-state index contributed by atoms with van der Waals surface area (Å²) >= 11 is 0. The molecule has 6 heteroatoms. The van der Waals surface area contributed by atoms with E-state index in [0.29, 0.717) is 12.1 Å². The molecular formula is C15H20N2O4. The lowest BCUT2D eigenvalue weighted by molar-refractivity contribution is -0.149. The van der Waals surface area contributed by atoms with E-state index in [1.165, 1.54) is 0 Å². The number of anilines is 1. The van der Waals surface area contributed by atoms with Crippen molar-refractivity contribution in [2.75, 3.05) is 18.9 Å². The summed E-state index contributed by atoms with van der Waals surface area (Å²) in [5, 5.41) is 12.0. The molecule has 1 aromatic carbocycles. The van der Waals surface area contributed by atoms with Crippen LogP contribution >= 0.6 is 0 Å². The number of para-hydroxylation sites is 1. The number of carbonyl (C=O) groups is 2. The molecule has 2 unspecified atom stereocenters. The van der Waals surface area contributed by atoms with E-state index < -0.39 is 17.4 Å². The van der Waals surface area contributed by atoms with Gasteiger partial charge in [0.25, 0.3) is 0 Å². The molecule has 1 fully saturated rings. The molecule has 1 aliphatic heterocycles. The number of aliphatic carboxylic acids is 1. The van der Waals surface area contributed by atoms with Crippen molar-refractivity contribution < 1.29 is 19.4 Å². The van der Waals surface area contributed by atoms with Gasteiger partial charge in [-0.1, -0.05) is 18.2 Å². The van der Waals surface area contributed by atoms with Crippen LogP contribution in [0.2, 0.25) is 0 Å². The summed E-state index contributed by atoms with van der Waals surface area (Å²) in [6, 6.07) is 6.88. The van der Waals surface area contributed by atoms with E-state index in [9.17, 15) is 14.7 Å².